The number of ether oxygens (including phenoxy) is 2. The van der Waals surface area contributed by atoms with Crippen molar-refractivity contribution >= 4 is 29.5 Å². The lowest BCUT2D eigenvalue weighted by molar-refractivity contribution is -0.160. The molecule has 8 heteroatoms. The fourth-order valence-electron chi connectivity index (χ4n) is 2.77. The lowest BCUT2D eigenvalue weighted by Crippen LogP contribution is -2.48. The second kappa shape index (κ2) is 10.2. The number of halogens is 1. The molecule has 1 fully saturated rings. The van der Waals surface area contributed by atoms with E-state index in [9.17, 15) is 14.4 Å². The topological polar surface area (TPSA) is 93.7 Å². The third kappa shape index (κ3) is 7.09. The minimum atomic E-state index is -1.12. The van der Waals surface area contributed by atoms with Gasteiger partial charge in [-0.3, -0.25) is 10.1 Å². The number of imide groups is 1. The van der Waals surface area contributed by atoms with E-state index in [4.69, 9.17) is 21.1 Å². The molecule has 27 heavy (non-hydrogen) atoms. The van der Waals surface area contributed by atoms with Crippen LogP contribution >= 0.6 is 11.6 Å². The third-order valence-corrected chi connectivity index (χ3v) is 4.55. The number of carbonyl (C=O) groups excluding carboxylic acids is 3. The number of carbonyl (C=O) groups is 3. The number of urea groups is 1. The van der Waals surface area contributed by atoms with E-state index >= 15 is 0 Å². The molecule has 1 aromatic rings. The van der Waals surface area contributed by atoms with E-state index in [1.807, 2.05) is 0 Å². The summed E-state index contributed by atoms with van der Waals surface area (Å²) in [6.45, 7) is 2.91. The minimum Gasteiger partial charge on any atom is -0.479 e. The zero-order chi connectivity index (χ0) is 19.8. The van der Waals surface area contributed by atoms with Gasteiger partial charge in [0.25, 0.3) is 5.91 Å². The van der Waals surface area contributed by atoms with E-state index in [0.717, 1.165) is 25.7 Å². The van der Waals surface area contributed by atoms with Crippen LogP contribution in [0.1, 0.15) is 46.0 Å². The summed E-state index contributed by atoms with van der Waals surface area (Å²) in [7, 11) is 0. The molecule has 2 N–H and O–H groups in total. The van der Waals surface area contributed by atoms with Crippen molar-refractivity contribution in [1.82, 2.24) is 10.6 Å². The molecule has 1 saturated carbocycles. The molecule has 0 radical (unpaired) electrons. The molecular weight excluding hydrogens is 372 g/mol. The molecule has 0 aromatic heterocycles. The van der Waals surface area contributed by atoms with Crippen LogP contribution < -0.4 is 15.4 Å². The Balaban J connectivity index is 1.75. The zero-order valence-corrected chi connectivity index (χ0v) is 16.3. The summed E-state index contributed by atoms with van der Waals surface area (Å²) in [4.78, 5) is 36.0. The summed E-state index contributed by atoms with van der Waals surface area (Å²) in [5.41, 5.74) is 0. The molecule has 0 unspecified atom stereocenters. The molecule has 2 rings (SSSR count). The van der Waals surface area contributed by atoms with Gasteiger partial charge in [0.1, 0.15) is 5.75 Å². The Hall–Kier alpha value is -2.28. The van der Waals surface area contributed by atoms with Gasteiger partial charge in [-0.15, -0.1) is 0 Å². The van der Waals surface area contributed by atoms with E-state index in [2.05, 4.69) is 10.6 Å². The summed E-state index contributed by atoms with van der Waals surface area (Å²) in [5, 5.41) is 5.53. The van der Waals surface area contributed by atoms with Crippen molar-refractivity contribution < 1.29 is 23.9 Å². The Bertz CT molecular complexity index is 659. The summed E-state index contributed by atoms with van der Waals surface area (Å²) in [5.74, 6) is -0.941. The molecule has 0 aliphatic heterocycles. The molecule has 0 spiro atoms. The Kier molecular flexibility index (Phi) is 7.91. The highest BCUT2D eigenvalue weighted by Crippen LogP contribution is 2.18. The molecule has 3 amide bonds. The SMILES string of the molecule is C[C@H](OC(=O)[C@H](C)Oc1ccc(Cl)cc1)C(=O)NC(=O)NC1CCCCC1. The second-order valence-electron chi connectivity index (χ2n) is 6.59. The van der Waals surface area contributed by atoms with Crippen molar-refractivity contribution in [2.45, 2.75) is 64.2 Å². The monoisotopic (exact) mass is 396 g/mol. The minimum absolute atomic E-state index is 0.0807. The highest BCUT2D eigenvalue weighted by molar-refractivity contribution is 6.30. The van der Waals surface area contributed by atoms with Crippen LogP contribution in [0.25, 0.3) is 0 Å². The van der Waals surface area contributed by atoms with Crippen LogP contribution in [-0.4, -0.2) is 36.2 Å². The Morgan fingerprint density at radius 1 is 1.04 bits per heavy atom. The van der Waals surface area contributed by atoms with E-state index in [1.165, 1.54) is 20.3 Å². The smallest absolute Gasteiger partial charge is 0.347 e. The molecule has 1 aromatic carbocycles. The predicted molar refractivity (Wildman–Crippen MR) is 101 cm³/mol. The summed E-state index contributed by atoms with van der Waals surface area (Å²) >= 11 is 5.79. The number of nitrogens with one attached hydrogen (secondary N) is 2. The van der Waals surface area contributed by atoms with Gasteiger partial charge in [0, 0.05) is 11.1 Å². The highest BCUT2D eigenvalue weighted by atomic mass is 35.5. The van der Waals surface area contributed by atoms with Gasteiger partial charge in [-0.2, -0.15) is 0 Å². The normalized spacial score (nSPS) is 16.7. The summed E-state index contributed by atoms with van der Waals surface area (Å²) < 4.78 is 10.5. The number of rotatable bonds is 6. The fourth-order valence-corrected chi connectivity index (χ4v) is 2.90. The maximum atomic E-state index is 12.1. The molecule has 2 atom stereocenters. The molecular formula is C19H25ClN2O5. The lowest BCUT2D eigenvalue weighted by Gasteiger charge is -2.23. The molecule has 148 valence electrons. The average Bonchev–Trinajstić information content (AvgIpc) is 2.64. The average molecular weight is 397 g/mol. The van der Waals surface area contributed by atoms with E-state index in [-0.39, 0.29) is 6.04 Å². The first-order valence-electron chi connectivity index (χ1n) is 9.09. The van der Waals surface area contributed by atoms with Crippen molar-refractivity contribution in [2.75, 3.05) is 0 Å². The first-order valence-corrected chi connectivity index (χ1v) is 9.47. The third-order valence-electron chi connectivity index (χ3n) is 4.30. The standard InChI is InChI=1S/C19H25ClN2O5/c1-12(17(23)22-19(25)21-15-6-4-3-5-7-15)27-18(24)13(2)26-16-10-8-14(20)9-11-16/h8-13,15H,3-7H2,1-2H3,(H2,21,22,23,25)/t12-,13-/m0/s1. The highest BCUT2D eigenvalue weighted by Gasteiger charge is 2.25. The van der Waals surface area contributed by atoms with Crippen LogP contribution in [0, 0.1) is 0 Å². The van der Waals surface area contributed by atoms with Crippen LogP contribution in [0.3, 0.4) is 0 Å². The lowest BCUT2D eigenvalue weighted by atomic mass is 9.96. The van der Waals surface area contributed by atoms with Crippen molar-refractivity contribution in [1.29, 1.82) is 0 Å². The summed E-state index contributed by atoms with van der Waals surface area (Å²) in [6, 6.07) is 6.03. The van der Waals surface area contributed by atoms with Gasteiger partial charge in [0.05, 0.1) is 0 Å². The Morgan fingerprint density at radius 3 is 2.30 bits per heavy atom. The van der Waals surface area contributed by atoms with Crippen molar-refractivity contribution in [2.24, 2.45) is 0 Å². The first-order chi connectivity index (χ1) is 12.8. The van der Waals surface area contributed by atoms with E-state index in [1.54, 1.807) is 24.3 Å². The van der Waals surface area contributed by atoms with Crippen LogP contribution in [-0.2, 0) is 14.3 Å². The van der Waals surface area contributed by atoms with Gasteiger partial charge in [-0.05, 0) is 51.0 Å². The molecule has 1 aliphatic carbocycles. The van der Waals surface area contributed by atoms with Crippen LogP contribution in [0.2, 0.25) is 5.02 Å². The quantitative estimate of drug-likeness (QED) is 0.720. The molecule has 0 heterocycles. The number of amides is 3. The largest absolute Gasteiger partial charge is 0.479 e. The molecule has 0 saturated heterocycles. The first kappa shape index (κ1) is 21.0. The van der Waals surface area contributed by atoms with Gasteiger partial charge in [-0.25, -0.2) is 9.59 Å². The van der Waals surface area contributed by atoms with Gasteiger partial charge >= 0.3 is 12.0 Å². The number of benzene rings is 1. The molecule has 1 aliphatic rings. The van der Waals surface area contributed by atoms with Gasteiger partial charge < -0.3 is 14.8 Å². The predicted octanol–water partition coefficient (Wildman–Crippen LogP) is 3.20. The van der Waals surface area contributed by atoms with Crippen molar-refractivity contribution in [3.63, 3.8) is 0 Å². The van der Waals surface area contributed by atoms with Crippen LogP contribution in [0.15, 0.2) is 24.3 Å². The van der Waals surface area contributed by atoms with E-state index < -0.39 is 30.1 Å². The Morgan fingerprint density at radius 2 is 1.67 bits per heavy atom. The van der Waals surface area contributed by atoms with Crippen molar-refractivity contribution in [3.8, 4) is 5.75 Å². The maximum absolute atomic E-state index is 12.1. The van der Waals surface area contributed by atoms with Crippen LogP contribution in [0.5, 0.6) is 5.75 Å². The zero-order valence-electron chi connectivity index (χ0n) is 15.5. The maximum Gasteiger partial charge on any atom is 0.347 e. The fraction of sp³-hybridized carbons (Fsp3) is 0.526. The Labute approximate surface area is 163 Å². The van der Waals surface area contributed by atoms with Gasteiger partial charge in [0.15, 0.2) is 12.2 Å². The van der Waals surface area contributed by atoms with Crippen LogP contribution in [0.4, 0.5) is 4.79 Å². The number of hydrogen-bond acceptors (Lipinski definition) is 5. The second-order valence-corrected chi connectivity index (χ2v) is 7.03. The van der Waals surface area contributed by atoms with E-state index in [0.29, 0.717) is 10.8 Å². The number of esters is 1. The van der Waals surface area contributed by atoms with Gasteiger partial charge in [-0.1, -0.05) is 30.9 Å². The summed E-state index contributed by atoms with van der Waals surface area (Å²) in [6.07, 6.45) is 3.08. The number of hydrogen-bond donors (Lipinski definition) is 2. The van der Waals surface area contributed by atoms with Gasteiger partial charge in [0.2, 0.25) is 0 Å². The molecule has 7 nitrogen and oxygen atoms in total. The van der Waals surface area contributed by atoms with Crippen molar-refractivity contribution in [3.05, 3.63) is 29.3 Å². The molecule has 0 bridgehead atoms.